The van der Waals surface area contributed by atoms with E-state index in [0.29, 0.717) is 15.6 Å². The van der Waals surface area contributed by atoms with E-state index in [1.807, 2.05) is 4.90 Å². The molecule has 4 heteroatoms. The van der Waals surface area contributed by atoms with Crippen LogP contribution in [0.25, 0.3) is 0 Å². The first-order chi connectivity index (χ1) is 9.01. The van der Waals surface area contributed by atoms with Gasteiger partial charge in [0.2, 0.25) is 0 Å². The van der Waals surface area contributed by atoms with Gasteiger partial charge in [-0.25, -0.2) is 0 Å². The molecule has 0 saturated heterocycles. The van der Waals surface area contributed by atoms with Gasteiger partial charge in [0.15, 0.2) is 0 Å². The maximum Gasteiger partial charge on any atom is 0.254 e. The Morgan fingerprint density at radius 2 is 1.95 bits per heavy atom. The molecule has 1 rings (SSSR count). The van der Waals surface area contributed by atoms with Gasteiger partial charge in [-0.1, -0.05) is 43.5 Å². The number of benzene rings is 1. The van der Waals surface area contributed by atoms with Crippen molar-refractivity contribution in [3.8, 4) is 0 Å². The number of carbonyl (C=O) groups excluding carboxylic acids is 1. The second-order valence-electron chi connectivity index (χ2n) is 4.74. The Balaban J connectivity index is 2.94. The molecule has 0 aromatic heterocycles. The van der Waals surface area contributed by atoms with Gasteiger partial charge in [-0.05, 0) is 38.0 Å². The molecule has 1 aromatic carbocycles. The van der Waals surface area contributed by atoms with Crippen molar-refractivity contribution in [1.29, 1.82) is 0 Å². The van der Waals surface area contributed by atoms with Crippen molar-refractivity contribution in [3.05, 3.63) is 33.8 Å². The molecule has 0 bridgehead atoms. The van der Waals surface area contributed by atoms with E-state index in [0.717, 1.165) is 25.8 Å². The molecule has 0 heterocycles. The number of amides is 1. The summed E-state index contributed by atoms with van der Waals surface area (Å²) in [6, 6.07) is 5.28. The molecule has 0 fully saturated rings. The summed E-state index contributed by atoms with van der Waals surface area (Å²) in [6.07, 6.45) is 3.02. The molecule has 19 heavy (non-hydrogen) atoms. The fourth-order valence-corrected chi connectivity index (χ4v) is 2.16. The lowest BCUT2D eigenvalue weighted by Gasteiger charge is -2.28. The first kappa shape index (κ1) is 16.3. The van der Waals surface area contributed by atoms with Crippen LogP contribution in [0.4, 0.5) is 0 Å². The smallest absolute Gasteiger partial charge is 0.254 e. The highest BCUT2D eigenvalue weighted by atomic mass is 35.5. The summed E-state index contributed by atoms with van der Waals surface area (Å²) < 4.78 is 0. The summed E-state index contributed by atoms with van der Waals surface area (Å²) in [7, 11) is 0. The topological polar surface area (TPSA) is 20.3 Å². The zero-order valence-corrected chi connectivity index (χ0v) is 13.3. The molecule has 2 nitrogen and oxygen atoms in total. The Morgan fingerprint density at radius 3 is 2.47 bits per heavy atom. The first-order valence-electron chi connectivity index (χ1n) is 6.77. The van der Waals surface area contributed by atoms with Crippen LogP contribution in [-0.4, -0.2) is 23.4 Å². The maximum absolute atomic E-state index is 12.5. The summed E-state index contributed by atoms with van der Waals surface area (Å²) in [6.45, 7) is 7.07. The molecular formula is C15H21Cl2NO. The van der Waals surface area contributed by atoms with Crippen molar-refractivity contribution in [2.75, 3.05) is 6.54 Å². The summed E-state index contributed by atoms with van der Waals surface area (Å²) in [5.41, 5.74) is 0.603. The van der Waals surface area contributed by atoms with Crippen molar-refractivity contribution >= 4 is 29.1 Å². The summed E-state index contributed by atoms with van der Waals surface area (Å²) in [5.74, 6) is 0.0290. The number of carbonyl (C=O) groups is 1. The molecule has 0 radical (unpaired) electrons. The van der Waals surface area contributed by atoms with Crippen molar-refractivity contribution in [3.63, 3.8) is 0 Å². The monoisotopic (exact) mass is 301 g/mol. The van der Waals surface area contributed by atoms with Crippen LogP contribution in [0.3, 0.4) is 0 Å². The third-order valence-corrected chi connectivity index (χ3v) is 4.04. The summed E-state index contributed by atoms with van der Waals surface area (Å²) >= 11 is 11.9. The Labute approximate surface area is 125 Å². The van der Waals surface area contributed by atoms with Gasteiger partial charge in [-0.2, -0.15) is 0 Å². The van der Waals surface area contributed by atoms with Gasteiger partial charge in [0, 0.05) is 18.2 Å². The molecule has 0 N–H and O–H groups in total. The fraction of sp³-hybridized carbons (Fsp3) is 0.533. The fourth-order valence-electron chi connectivity index (χ4n) is 1.87. The molecule has 1 unspecified atom stereocenters. The van der Waals surface area contributed by atoms with Crippen LogP contribution >= 0.6 is 23.2 Å². The van der Waals surface area contributed by atoms with Crippen molar-refractivity contribution < 1.29 is 4.79 Å². The van der Waals surface area contributed by atoms with Crippen LogP contribution in [0.15, 0.2) is 18.2 Å². The lowest BCUT2D eigenvalue weighted by molar-refractivity contribution is 0.0685. The number of hydrogen-bond donors (Lipinski definition) is 0. The molecule has 1 atom stereocenters. The predicted molar refractivity (Wildman–Crippen MR) is 82.2 cm³/mol. The zero-order chi connectivity index (χ0) is 14.4. The number of nitrogens with zero attached hydrogens (tertiary/aromatic N) is 1. The zero-order valence-electron chi connectivity index (χ0n) is 11.7. The lowest BCUT2D eigenvalue weighted by atomic mass is 10.1. The minimum atomic E-state index is 0.0290. The molecule has 0 aliphatic heterocycles. The van der Waals surface area contributed by atoms with E-state index in [1.165, 1.54) is 0 Å². The average Bonchev–Trinajstić information content (AvgIpc) is 2.41. The van der Waals surface area contributed by atoms with Crippen molar-refractivity contribution in [1.82, 2.24) is 4.90 Å². The van der Waals surface area contributed by atoms with Crippen molar-refractivity contribution in [2.45, 2.75) is 46.1 Å². The molecule has 1 amide bonds. The molecule has 1 aromatic rings. The Bertz CT molecular complexity index is 434. The van der Waals surface area contributed by atoms with Gasteiger partial charge >= 0.3 is 0 Å². The van der Waals surface area contributed by atoms with Gasteiger partial charge in [-0.15, -0.1) is 0 Å². The van der Waals surface area contributed by atoms with E-state index in [2.05, 4.69) is 20.8 Å². The van der Waals surface area contributed by atoms with E-state index in [-0.39, 0.29) is 11.9 Å². The lowest BCUT2D eigenvalue weighted by Crippen LogP contribution is -2.39. The third-order valence-electron chi connectivity index (χ3n) is 3.30. The van der Waals surface area contributed by atoms with Crippen LogP contribution in [0.5, 0.6) is 0 Å². The van der Waals surface area contributed by atoms with Crippen LogP contribution in [0, 0.1) is 0 Å². The minimum absolute atomic E-state index is 0.0290. The van der Waals surface area contributed by atoms with Gasteiger partial charge in [0.1, 0.15) is 0 Å². The van der Waals surface area contributed by atoms with Crippen LogP contribution < -0.4 is 0 Å². The minimum Gasteiger partial charge on any atom is -0.336 e. The Hall–Kier alpha value is -0.730. The molecule has 106 valence electrons. The molecule has 0 saturated carbocycles. The predicted octanol–water partition coefficient (Wildman–Crippen LogP) is 5.03. The van der Waals surface area contributed by atoms with Gasteiger partial charge in [0.25, 0.3) is 5.91 Å². The molecule has 0 spiro atoms. The number of unbranched alkanes of at least 4 members (excludes halogenated alkanes) is 1. The summed E-state index contributed by atoms with van der Waals surface area (Å²) in [4.78, 5) is 14.5. The highest BCUT2D eigenvalue weighted by Gasteiger charge is 2.20. The standard InChI is InChI=1S/C15H21Cl2NO/c1-4-6-9-18(11(3)5-2)15(19)12-7-8-13(16)14(17)10-12/h7-8,10-11H,4-6,9H2,1-3H3. The maximum atomic E-state index is 12.5. The van der Waals surface area contributed by atoms with Gasteiger partial charge in [0.05, 0.1) is 10.0 Å². The second-order valence-corrected chi connectivity index (χ2v) is 5.55. The quantitative estimate of drug-likeness (QED) is 0.721. The van der Waals surface area contributed by atoms with Crippen LogP contribution in [0.2, 0.25) is 10.0 Å². The molecular weight excluding hydrogens is 281 g/mol. The highest BCUT2D eigenvalue weighted by molar-refractivity contribution is 6.42. The third kappa shape index (κ3) is 4.39. The molecule has 0 aliphatic carbocycles. The number of rotatable bonds is 6. The summed E-state index contributed by atoms with van der Waals surface area (Å²) in [5, 5.41) is 0.897. The van der Waals surface area contributed by atoms with E-state index in [4.69, 9.17) is 23.2 Å². The van der Waals surface area contributed by atoms with E-state index in [9.17, 15) is 4.79 Å². The van der Waals surface area contributed by atoms with E-state index in [1.54, 1.807) is 18.2 Å². The van der Waals surface area contributed by atoms with Crippen LogP contribution in [-0.2, 0) is 0 Å². The van der Waals surface area contributed by atoms with Crippen LogP contribution in [0.1, 0.15) is 50.4 Å². The average molecular weight is 302 g/mol. The van der Waals surface area contributed by atoms with E-state index >= 15 is 0 Å². The highest BCUT2D eigenvalue weighted by Crippen LogP contribution is 2.24. The van der Waals surface area contributed by atoms with Crippen molar-refractivity contribution in [2.24, 2.45) is 0 Å². The largest absolute Gasteiger partial charge is 0.336 e. The Morgan fingerprint density at radius 1 is 1.26 bits per heavy atom. The number of halogens is 2. The number of hydrogen-bond acceptors (Lipinski definition) is 1. The SMILES string of the molecule is CCCCN(C(=O)c1ccc(Cl)c(Cl)c1)C(C)CC. The van der Waals surface area contributed by atoms with Gasteiger partial charge in [-0.3, -0.25) is 4.79 Å². The van der Waals surface area contributed by atoms with Gasteiger partial charge < -0.3 is 4.90 Å². The second kappa shape index (κ2) is 7.76. The first-order valence-corrected chi connectivity index (χ1v) is 7.52. The normalized spacial score (nSPS) is 12.3. The Kier molecular flexibility index (Phi) is 6.67. The van der Waals surface area contributed by atoms with E-state index < -0.39 is 0 Å². The molecule has 0 aliphatic rings.